The van der Waals surface area contributed by atoms with Gasteiger partial charge in [0.25, 0.3) is 0 Å². The van der Waals surface area contributed by atoms with Crippen LogP contribution in [0.1, 0.15) is 6.92 Å². The molecule has 0 spiro atoms. The van der Waals surface area contributed by atoms with Crippen LogP contribution < -0.4 is 10.6 Å². The molecule has 6 heteroatoms. The maximum Gasteiger partial charge on any atom is 0.246 e. The molecular formula is C18H18N4O2. The molecule has 0 heterocycles. The summed E-state index contributed by atoms with van der Waals surface area (Å²) in [5.74, 6) is -0.714. The van der Waals surface area contributed by atoms with Gasteiger partial charge in [-0.05, 0) is 31.2 Å². The minimum atomic E-state index is -0.359. The molecule has 0 unspecified atom stereocenters. The lowest BCUT2D eigenvalue weighted by molar-refractivity contribution is -0.121. The van der Waals surface area contributed by atoms with Crippen LogP contribution >= 0.6 is 0 Å². The van der Waals surface area contributed by atoms with Gasteiger partial charge in [-0.25, -0.2) is 0 Å². The average molecular weight is 322 g/mol. The monoisotopic (exact) mass is 322 g/mol. The fraction of sp³-hybridized carbons (Fsp3) is 0.111. The van der Waals surface area contributed by atoms with Crippen LogP contribution in [0.2, 0.25) is 0 Å². The van der Waals surface area contributed by atoms with Crippen LogP contribution in [0.5, 0.6) is 0 Å². The maximum absolute atomic E-state index is 11.9. The lowest BCUT2D eigenvalue weighted by Gasteiger charge is -2.08. The molecule has 2 N–H and O–H groups in total. The van der Waals surface area contributed by atoms with Crippen molar-refractivity contribution in [1.82, 2.24) is 5.32 Å². The molecule has 122 valence electrons. The number of carbonyl (C=O) groups excluding carboxylic acids is 2. The molecule has 0 atom stereocenters. The highest BCUT2D eigenvalue weighted by Crippen LogP contribution is 2.26. The Morgan fingerprint density at radius 1 is 1.00 bits per heavy atom. The van der Waals surface area contributed by atoms with E-state index >= 15 is 0 Å². The molecule has 2 amide bonds. The summed E-state index contributed by atoms with van der Waals surface area (Å²) >= 11 is 0. The smallest absolute Gasteiger partial charge is 0.246 e. The Hall–Kier alpha value is -3.28. The van der Waals surface area contributed by atoms with Gasteiger partial charge < -0.3 is 10.6 Å². The van der Waals surface area contributed by atoms with E-state index in [1.165, 1.54) is 0 Å². The van der Waals surface area contributed by atoms with E-state index in [0.717, 1.165) is 0 Å². The molecule has 0 aliphatic carbocycles. The molecule has 2 aromatic carbocycles. The predicted molar refractivity (Wildman–Crippen MR) is 93.5 cm³/mol. The molecule has 2 aromatic rings. The number of benzene rings is 2. The van der Waals surface area contributed by atoms with Gasteiger partial charge in [-0.2, -0.15) is 5.11 Å². The molecule has 0 aromatic heterocycles. The van der Waals surface area contributed by atoms with Crippen molar-refractivity contribution in [3.8, 4) is 0 Å². The second-order valence-corrected chi connectivity index (χ2v) is 5.06. The van der Waals surface area contributed by atoms with Crippen molar-refractivity contribution in [2.45, 2.75) is 6.92 Å². The quantitative estimate of drug-likeness (QED) is 0.627. The maximum atomic E-state index is 11.9. The summed E-state index contributed by atoms with van der Waals surface area (Å²) in [7, 11) is 0. The van der Waals surface area contributed by atoms with Crippen molar-refractivity contribution in [1.29, 1.82) is 0 Å². The summed E-state index contributed by atoms with van der Waals surface area (Å²) in [5, 5.41) is 13.5. The van der Waals surface area contributed by atoms with Gasteiger partial charge in [-0.3, -0.25) is 9.59 Å². The molecule has 0 bridgehead atoms. The van der Waals surface area contributed by atoms with E-state index < -0.39 is 0 Å². The molecule has 0 aliphatic heterocycles. The van der Waals surface area contributed by atoms with Gasteiger partial charge in [-0.15, -0.1) is 5.11 Å². The van der Waals surface area contributed by atoms with E-state index in [0.29, 0.717) is 22.6 Å². The fourth-order valence-electron chi connectivity index (χ4n) is 1.78. The van der Waals surface area contributed by atoms with E-state index in [9.17, 15) is 9.59 Å². The molecule has 6 nitrogen and oxygen atoms in total. The van der Waals surface area contributed by atoms with Gasteiger partial charge in [0.05, 0.1) is 17.9 Å². The van der Waals surface area contributed by atoms with Gasteiger partial charge in [0.2, 0.25) is 11.8 Å². The van der Waals surface area contributed by atoms with Crippen molar-refractivity contribution in [2.75, 3.05) is 11.9 Å². The van der Waals surface area contributed by atoms with Crippen molar-refractivity contribution in [3.63, 3.8) is 0 Å². The van der Waals surface area contributed by atoms with Crippen LogP contribution in [0, 0.1) is 0 Å². The zero-order valence-electron chi connectivity index (χ0n) is 13.3. The number of carbonyl (C=O) groups is 2. The molecule has 0 radical (unpaired) electrons. The number of para-hydroxylation sites is 1. The number of azo groups is 1. The highest BCUT2D eigenvalue weighted by Gasteiger charge is 2.08. The Kier molecular flexibility index (Phi) is 5.96. The SMILES string of the molecule is C=C(C)C(=O)NCC(=O)Nc1ccccc1N=Nc1ccccc1. The summed E-state index contributed by atoms with van der Waals surface area (Å²) in [6.07, 6.45) is 0. The molecular weight excluding hydrogens is 304 g/mol. The van der Waals surface area contributed by atoms with E-state index in [1.807, 2.05) is 30.3 Å². The van der Waals surface area contributed by atoms with Crippen LogP contribution in [-0.2, 0) is 9.59 Å². The normalized spacial score (nSPS) is 10.4. The average Bonchev–Trinajstić information content (AvgIpc) is 2.59. The van der Waals surface area contributed by atoms with Gasteiger partial charge in [0.15, 0.2) is 0 Å². The fourth-order valence-corrected chi connectivity index (χ4v) is 1.78. The van der Waals surface area contributed by atoms with E-state index in [1.54, 1.807) is 31.2 Å². The van der Waals surface area contributed by atoms with Gasteiger partial charge in [-0.1, -0.05) is 36.9 Å². The highest BCUT2D eigenvalue weighted by atomic mass is 16.2. The molecule has 0 saturated heterocycles. The van der Waals surface area contributed by atoms with E-state index in [4.69, 9.17) is 0 Å². The minimum Gasteiger partial charge on any atom is -0.343 e. The predicted octanol–water partition coefficient (Wildman–Crippen LogP) is 3.73. The Labute approximate surface area is 140 Å². The Morgan fingerprint density at radius 2 is 1.67 bits per heavy atom. The number of hydrogen-bond acceptors (Lipinski definition) is 4. The Balaban J connectivity index is 2.03. The van der Waals surface area contributed by atoms with E-state index in [-0.39, 0.29) is 18.4 Å². The Bertz CT molecular complexity index is 770. The topological polar surface area (TPSA) is 82.9 Å². The first-order chi connectivity index (χ1) is 11.6. The minimum absolute atomic E-state index is 0.143. The zero-order chi connectivity index (χ0) is 17.4. The Morgan fingerprint density at radius 3 is 2.38 bits per heavy atom. The number of rotatable bonds is 6. The van der Waals surface area contributed by atoms with Gasteiger partial charge >= 0.3 is 0 Å². The zero-order valence-corrected chi connectivity index (χ0v) is 13.3. The summed E-state index contributed by atoms with van der Waals surface area (Å²) in [6, 6.07) is 16.3. The summed E-state index contributed by atoms with van der Waals surface area (Å²) in [5.41, 5.74) is 2.11. The van der Waals surface area contributed by atoms with Crippen LogP contribution in [0.25, 0.3) is 0 Å². The standard InChI is InChI=1S/C18H18N4O2/c1-13(2)18(24)19-12-17(23)20-15-10-6-7-11-16(15)22-21-14-8-4-3-5-9-14/h3-11H,1,12H2,2H3,(H,19,24)(H,20,23). The number of nitrogens with zero attached hydrogens (tertiary/aromatic N) is 2. The van der Waals surface area contributed by atoms with Gasteiger partial charge in [0, 0.05) is 5.57 Å². The third kappa shape index (κ3) is 5.17. The van der Waals surface area contributed by atoms with Gasteiger partial charge in [0.1, 0.15) is 5.69 Å². The lowest BCUT2D eigenvalue weighted by atomic mass is 10.2. The first-order valence-electron chi connectivity index (χ1n) is 7.35. The van der Waals surface area contributed by atoms with Crippen LogP contribution in [0.4, 0.5) is 17.1 Å². The first kappa shape index (κ1) is 17.1. The van der Waals surface area contributed by atoms with Crippen molar-refractivity contribution < 1.29 is 9.59 Å². The molecule has 0 fully saturated rings. The molecule has 0 saturated carbocycles. The van der Waals surface area contributed by atoms with E-state index in [2.05, 4.69) is 27.4 Å². The third-order valence-electron chi connectivity index (χ3n) is 3.00. The second kappa shape index (κ2) is 8.38. The summed E-state index contributed by atoms with van der Waals surface area (Å²) < 4.78 is 0. The third-order valence-corrected chi connectivity index (χ3v) is 3.00. The van der Waals surface area contributed by atoms with Crippen molar-refractivity contribution in [3.05, 3.63) is 66.7 Å². The first-order valence-corrected chi connectivity index (χ1v) is 7.35. The lowest BCUT2D eigenvalue weighted by Crippen LogP contribution is -2.33. The van der Waals surface area contributed by atoms with Crippen LogP contribution in [0.15, 0.2) is 77.0 Å². The van der Waals surface area contributed by atoms with Crippen molar-refractivity contribution >= 4 is 28.9 Å². The summed E-state index contributed by atoms with van der Waals surface area (Å²) in [4.78, 5) is 23.3. The number of anilines is 1. The van der Waals surface area contributed by atoms with Crippen LogP contribution in [0.3, 0.4) is 0 Å². The number of amides is 2. The second-order valence-electron chi connectivity index (χ2n) is 5.06. The number of nitrogens with one attached hydrogen (secondary N) is 2. The molecule has 2 rings (SSSR count). The largest absolute Gasteiger partial charge is 0.343 e. The van der Waals surface area contributed by atoms with Crippen molar-refractivity contribution in [2.24, 2.45) is 10.2 Å². The molecule has 24 heavy (non-hydrogen) atoms. The number of hydrogen-bond donors (Lipinski definition) is 2. The summed E-state index contributed by atoms with van der Waals surface area (Å²) in [6.45, 7) is 4.95. The van der Waals surface area contributed by atoms with Crippen LogP contribution in [-0.4, -0.2) is 18.4 Å². The molecule has 0 aliphatic rings. The highest BCUT2D eigenvalue weighted by molar-refractivity contribution is 5.99.